The maximum absolute atomic E-state index is 13.9. The fourth-order valence-corrected chi connectivity index (χ4v) is 3.09. The number of hydrogen-bond acceptors (Lipinski definition) is 4. The number of amides is 2. The number of aryl methyl sites for hydroxylation is 2. The van der Waals surface area contributed by atoms with Gasteiger partial charge in [0.25, 0.3) is 0 Å². The summed E-state index contributed by atoms with van der Waals surface area (Å²) in [6.07, 6.45) is 0. The molecule has 0 aliphatic heterocycles. The van der Waals surface area contributed by atoms with E-state index in [2.05, 4.69) is 10.3 Å². The summed E-state index contributed by atoms with van der Waals surface area (Å²) in [6.45, 7) is 5.75. The molecule has 0 fully saturated rings. The number of thiazole rings is 1. The van der Waals surface area contributed by atoms with E-state index in [0.29, 0.717) is 0 Å². The molecule has 1 heterocycles. The van der Waals surface area contributed by atoms with E-state index >= 15 is 0 Å². The molecule has 0 saturated heterocycles. The van der Waals surface area contributed by atoms with E-state index in [1.165, 1.54) is 17.0 Å². The molecule has 2 rings (SSSR count). The van der Waals surface area contributed by atoms with E-state index in [0.717, 1.165) is 21.6 Å². The van der Waals surface area contributed by atoms with Crippen LogP contribution in [0, 0.1) is 31.0 Å². The van der Waals surface area contributed by atoms with Crippen molar-refractivity contribution >= 4 is 23.1 Å². The first-order valence-corrected chi connectivity index (χ1v) is 7.82. The Bertz CT molecular complexity index is 781. The third kappa shape index (κ3) is 3.66. The van der Waals surface area contributed by atoms with E-state index in [9.17, 15) is 9.18 Å². The van der Waals surface area contributed by atoms with Crippen molar-refractivity contribution in [2.45, 2.75) is 26.8 Å². The average molecular weight is 332 g/mol. The third-order valence-electron chi connectivity index (χ3n) is 3.58. The average Bonchev–Trinajstić information content (AvgIpc) is 2.86. The van der Waals surface area contributed by atoms with Gasteiger partial charge in [-0.3, -0.25) is 0 Å². The van der Waals surface area contributed by atoms with Crippen LogP contribution in [0.2, 0.25) is 0 Å². The summed E-state index contributed by atoms with van der Waals surface area (Å²) >= 11 is 1.58. The van der Waals surface area contributed by atoms with Gasteiger partial charge >= 0.3 is 6.03 Å². The van der Waals surface area contributed by atoms with Gasteiger partial charge in [-0.05, 0) is 39.0 Å². The molecule has 0 aliphatic rings. The Hall–Kier alpha value is -2.46. The van der Waals surface area contributed by atoms with Crippen LogP contribution in [-0.4, -0.2) is 23.0 Å². The SMILES string of the molecule is Cc1nc(C(C)N(C)C(=O)Nc2ccc(C#N)cc2F)c(C)s1. The molecule has 0 spiro atoms. The van der Waals surface area contributed by atoms with Gasteiger partial charge in [-0.2, -0.15) is 5.26 Å². The second-order valence-electron chi connectivity index (χ2n) is 5.20. The largest absolute Gasteiger partial charge is 0.322 e. The van der Waals surface area contributed by atoms with Crippen LogP contribution < -0.4 is 5.32 Å². The van der Waals surface area contributed by atoms with E-state index < -0.39 is 11.8 Å². The summed E-state index contributed by atoms with van der Waals surface area (Å²) in [5.74, 6) is -0.640. The lowest BCUT2D eigenvalue weighted by atomic mass is 10.2. The lowest BCUT2D eigenvalue weighted by molar-refractivity contribution is 0.207. The molecule has 1 unspecified atom stereocenters. The number of benzene rings is 1. The number of nitrogens with zero attached hydrogens (tertiary/aromatic N) is 3. The van der Waals surface area contributed by atoms with Gasteiger partial charge in [-0.1, -0.05) is 0 Å². The van der Waals surface area contributed by atoms with Gasteiger partial charge in [0.1, 0.15) is 5.82 Å². The highest BCUT2D eigenvalue weighted by atomic mass is 32.1. The first kappa shape index (κ1) is 16.9. The smallest absolute Gasteiger partial charge is 0.319 e. The predicted octanol–water partition coefficient (Wildman–Crippen LogP) is 4.00. The second kappa shape index (κ2) is 6.75. The lowest BCUT2D eigenvalue weighted by Crippen LogP contribution is -2.34. The van der Waals surface area contributed by atoms with Crippen LogP contribution in [-0.2, 0) is 0 Å². The van der Waals surface area contributed by atoms with Crippen LogP contribution in [0.25, 0.3) is 0 Å². The monoisotopic (exact) mass is 332 g/mol. The number of carbonyl (C=O) groups excluding carboxylic acids is 1. The molecular formula is C16H17FN4OS. The van der Waals surface area contributed by atoms with Crippen LogP contribution in [0.15, 0.2) is 18.2 Å². The molecule has 0 aliphatic carbocycles. The molecule has 1 N–H and O–H groups in total. The molecule has 120 valence electrons. The standard InChI is InChI=1S/C16H17FN4OS/c1-9(15-10(2)23-11(3)19-15)21(4)16(22)20-14-6-5-12(8-18)7-13(14)17/h5-7,9H,1-4H3,(H,20,22). The number of hydrogen-bond donors (Lipinski definition) is 1. The van der Waals surface area contributed by atoms with Crippen molar-refractivity contribution in [3.05, 3.63) is 45.2 Å². The summed E-state index contributed by atoms with van der Waals surface area (Å²) in [5.41, 5.74) is 1.08. The van der Waals surface area contributed by atoms with E-state index in [1.807, 2.05) is 26.8 Å². The Morgan fingerprint density at radius 2 is 2.17 bits per heavy atom. The number of halogens is 1. The molecule has 0 saturated carbocycles. The fraction of sp³-hybridized carbons (Fsp3) is 0.312. The van der Waals surface area contributed by atoms with Crippen LogP contribution in [0.5, 0.6) is 0 Å². The minimum atomic E-state index is -0.640. The number of anilines is 1. The maximum atomic E-state index is 13.9. The number of carbonyl (C=O) groups is 1. The first-order chi connectivity index (χ1) is 10.8. The van der Waals surface area contributed by atoms with Gasteiger partial charge in [0, 0.05) is 11.9 Å². The molecule has 0 radical (unpaired) electrons. The third-order valence-corrected chi connectivity index (χ3v) is 4.48. The number of urea groups is 1. The topological polar surface area (TPSA) is 69.0 Å². The minimum absolute atomic E-state index is 0.0410. The molecule has 2 amide bonds. The summed E-state index contributed by atoms with van der Waals surface area (Å²) in [6, 6.07) is 5.10. The van der Waals surface area contributed by atoms with Gasteiger partial charge in [0.2, 0.25) is 0 Å². The van der Waals surface area contributed by atoms with Gasteiger partial charge < -0.3 is 10.2 Å². The Morgan fingerprint density at radius 3 is 2.70 bits per heavy atom. The minimum Gasteiger partial charge on any atom is -0.319 e. The van der Waals surface area contributed by atoms with Crippen molar-refractivity contribution in [3.8, 4) is 6.07 Å². The zero-order valence-electron chi connectivity index (χ0n) is 13.3. The van der Waals surface area contributed by atoms with Crippen molar-refractivity contribution in [1.29, 1.82) is 5.26 Å². The van der Waals surface area contributed by atoms with E-state index in [-0.39, 0.29) is 17.3 Å². The number of aromatic nitrogens is 1. The number of nitriles is 1. The molecule has 0 bridgehead atoms. The van der Waals surface area contributed by atoms with Crippen LogP contribution >= 0.6 is 11.3 Å². The molecular weight excluding hydrogens is 315 g/mol. The summed E-state index contributed by atoms with van der Waals surface area (Å²) in [7, 11) is 1.63. The predicted molar refractivity (Wildman–Crippen MR) is 87.9 cm³/mol. The molecule has 7 heteroatoms. The van der Waals surface area contributed by atoms with Gasteiger partial charge in [-0.25, -0.2) is 14.2 Å². The summed E-state index contributed by atoms with van der Waals surface area (Å²) in [5, 5.41) is 12.2. The lowest BCUT2D eigenvalue weighted by Gasteiger charge is -2.24. The van der Waals surface area contributed by atoms with E-state index in [1.54, 1.807) is 18.4 Å². The zero-order chi connectivity index (χ0) is 17.1. The molecule has 1 aromatic heterocycles. The van der Waals surface area contributed by atoms with Gasteiger partial charge in [0.05, 0.1) is 34.1 Å². The Morgan fingerprint density at radius 1 is 1.48 bits per heavy atom. The molecule has 23 heavy (non-hydrogen) atoms. The van der Waals surface area contributed by atoms with Crippen molar-refractivity contribution in [2.24, 2.45) is 0 Å². The highest BCUT2D eigenvalue weighted by Gasteiger charge is 2.22. The second-order valence-corrected chi connectivity index (χ2v) is 6.61. The van der Waals surface area contributed by atoms with Crippen molar-refractivity contribution < 1.29 is 9.18 Å². The Labute approximate surface area is 138 Å². The van der Waals surface area contributed by atoms with Crippen molar-refractivity contribution in [1.82, 2.24) is 9.88 Å². The van der Waals surface area contributed by atoms with Crippen molar-refractivity contribution in [3.63, 3.8) is 0 Å². The molecule has 5 nitrogen and oxygen atoms in total. The maximum Gasteiger partial charge on any atom is 0.322 e. The normalized spacial score (nSPS) is 11.7. The highest BCUT2D eigenvalue weighted by molar-refractivity contribution is 7.11. The van der Waals surface area contributed by atoms with Gasteiger partial charge in [-0.15, -0.1) is 11.3 Å². The fourth-order valence-electron chi connectivity index (χ4n) is 2.18. The molecule has 1 atom stereocenters. The Balaban J connectivity index is 2.14. The summed E-state index contributed by atoms with van der Waals surface area (Å²) in [4.78, 5) is 19.3. The van der Waals surface area contributed by atoms with Crippen LogP contribution in [0.1, 0.15) is 34.1 Å². The Kier molecular flexibility index (Phi) is 4.96. The quantitative estimate of drug-likeness (QED) is 0.924. The molecule has 1 aromatic carbocycles. The van der Waals surface area contributed by atoms with Crippen LogP contribution in [0.3, 0.4) is 0 Å². The van der Waals surface area contributed by atoms with Gasteiger partial charge in [0.15, 0.2) is 0 Å². The molecule has 2 aromatic rings. The number of nitrogens with one attached hydrogen (secondary N) is 1. The van der Waals surface area contributed by atoms with Crippen LogP contribution in [0.4, 0.5) is 14.9 Å². The number of rotatable bonds is 3. The zero-order valence-corrected chi connectivity index (χ0v) is 14.2. The highest BCUT2D eigenvalue weighted by Crippen LogP contribution is 2.26. The summed E-state index contributed by atoms with van der Waals surface area (Å²) < 4.78 is 13.9. The first-order valence-electron chi connectivity index (χ1n) is 7.01. The van der Waals surface area contributed by atoms with E-state index in [4.69, 9.17) is 5.26 Å². The van der Waals surface area contributed by atoms with Crippen molar-refractivity contribution in [2.75, 3.05) is 12.4 Å².